The Morgan fingerprint density at radius 3 is 2.62 bits per heavy atom. The molecule has 7 rings (SSSR count). The Balaban J connectivity index is 1.29. The lowest BCUT2D eigenvalue weighted by Crippen LogP contribution is -2.35. The summed E-state index contributed by atoms with van der Waals surface area (Å²) >= 11 is 0. The van der Waals surface area contributed by atoms with E-state index in [1.165, 1.54) is 29.7 Å². The highest BCUT2D eigenvalue weighted by molar-refractivity contribution is 5.58. The number of likely N-dealkylation sites (tertiary alicyclic amines) is 1. The molecule has 11 heteroatoms. The Hall–Kier alpha value is -3.44. The molecule has 3 aliphatic rings. The number of ether oxygens (including phenoxy) is 1. The van der Waals surface area contributed by atoms with E-state index in [0.29, 0.717) is 36.4 Å². The van der Waals surface area contributed by atoms with Gasteiger partial charge in [-0.3, -0.25) is 13.9 Å². The Kier molecular flexibility index (Phi) is 5.54. The molecule has 1 atom stereocenters. The van der Waals surface area contributed by atoms with Crippen LogP contribution in [0.15, 0.2) is 53.8 Å². The quantitative estimate of drug-likeness (QED) is 0.371. The van der Waals surface area contributed by atoms with E-state index in [1.54, 1.807) is 18.6 Å². The average Bonchev–Trinajstić information content (AvgIpc) is 3.14. The van der Waals surface area contributed by atoms with Gasteiger partial charge in [0.25, 0.3) is 0 Å². The van der Waals surface area contributed by atoms with Crippen LogP contribution in [0.25, 0.3) is 11.2 Å². The summed E-state index contributed by atoms with van der Waals surface area (Å²) in [6.45, 7) is 3.34. The minimum atomic E-state index is -4.59. The lowest BCUT2D eigenvalue weighted by atomic mass is 9.84. The van der Waals surface area contributed by atoms with Crippen LogP contribution >= 0.6 is 0 Å². The fourth-order valence-corrected chi connectivity index (χ4v) is 6.27. The van der Waals surface area contributed by atoms with Crippen LogP contribution in [0.4, 0.5) is 13.2 Å². The molecule has 204 valence electrons. The van der Waals surface area contributed by atoms with Crippen molar-refractivity contribution in [3.63, 3.8) is 0 Å². The SMILES string of the molecule is Cn1cnnc1[C@@H](c1cccc(-n2cc3c(C(F)(F)F)cc(CN4CCC5(CC5)C4)cn3c2=O)c1)C1COC1. The van der Waals surface area contributed by atoms with Crippen LogP contribution in [0, 0.1) is 11.3 Å². The molecule has 4 aromatic rings. The number of hydrogen-bond acceptors (Lipinski definition) is 5. The van der Waals surface area contributed by atoms with Gasteiger partial charge in [0.2, 0.25) is 0 Å². The predicted octanol–water partition coefficient (Wildman–Crippen LogP) is 4.00. The van der Waals surface area contributed by atoms with Crippen molar-refractivity contribution in [2.75, 3.05) is 26.3 Å². The summed E-state index contributed by atoms with van der Waals surface area (Å²) in [5.41, 5.74) is 0.786. The molecule has 1 aliphatic carbocycles. The third-order valence-corrected chi connectivity index (χ3v) is 8.68. The van der Waals surface area contributed by atoms with Gasteiger partial charge in [-0.2, -0.15) is 13.2 Å². The molecule has 3 aromatic heterocycles. The fourth-order valence-electron chi connectivity index (χ4n) is 6.27. The molecule has 39 heavy (non-hydrogen) atoms. The van der Waals surface area contributed by atoms with Crippen LogP contribution in [-0.4, -0.2) is 54.9 Å². The maximum atomic E-state index is 14.2. The van der Waals surface area contributed by atoms with Crippen molar-refractivity contribution in [1.82, 2.24) is 28.6 Å². The Bertz CT molecular complexity index is 1610. The normalized spacial score (nSPS) is 20.1. The van der Waals surface area contributed by atoms with Gasteiger partial charge in [-0.25, -0.2) is 4.79 Å². The molecule has 0 unspecified atom stereocenters. The van der Waals surface area contributed by atoms with Crippen molar-refractivity contribution in [3.8, 4) is 5.69 Å². The number of halogens is 3. The number of pyridine rings is 1. The maximum Gasteiger partial charge on any atom is 0.418 e. The van der Waals surface area contributed by atoms with Gasteiger partial charge >= 0.3 is 11.9 Å². The molecule has 0 radical (unpaired) electrons. The number of rotatable bonds is 6. The van der Waals surface area contributed by atoms with E-state index in [-0.39, 0.29) is 17.4 Å². The highest BCUT2D eigenvalue weighted by Crippen LogP contribution is 2.52. The lowest BCUT2D eigenvalue weighted by molar-refractivity contribution is -0.136. The number of alkyl halides is 3. The van der Waals surface area contributed by atoms with Gasteiger partial charge in [-0.1, -0.05) is 12.1 Å². The Morgan fingerprint density at radius 2 is 1.97 bits per heavy atom. The first-order valence-corrected chi connectivity index (χ1v) is 13.3. The second kappa shape index (κ2) is 8.79. The molecule has 8 nitrogen and oxygen atoms in total. The van der Waals surface area contributed by atoms with Crippen LogP contribution in [0.2, 0.25) is 0 Å². The maximum absolute atomic E-state index is 14.2. The first-order valence-electron chi connectivity index (χ1n) is 13.3. The van der Waals surface area contributed by atoms with Gasteiger partial charge in [-0.15, -0.1) is 10.2 Å². The van der Waals surface area contributed by atoms with Crippen LogP contribution < -0.4 is 5.69 Å². The standard InChI is InChI=1S/C28H29F3N6O2/c1-34-17-32-33-25(34)24(20-14-39-15-20)19-3-2-4-21(10-19)36-13-23-22(28(29,30)31)9-18(12-37(23)26(36)38)11-35-8-7-27(16-35)5-6-27/h2-4,9-10,12-13,17,20,24H,5-8,11,14-16H2,1H3/t24-/m0/s1. The van der Waals surface area contributed by atoms with Gasteiger partial charge in [0, 0.05) is 38.4 Å². The molecule has 0 bridgehead atoms. The van der Waals surface area contributed by atoms with E-state index in [1.807, 2.05) is 29.8 Å². The van der Waals surface area contributed by atoms with Crippen molar-refractivity contribution in [1.29, 1.82) is 0 Å². The topological polar surface area (TPSA) is 69.6 Å². The summed E-state index contributed by atoms with van der Waals surface area (Å²) in [6, 6.07) is 8.56. The summed E-state index contributed by atoms with van der Waals surface area (Å²) in [5.74, 6) is 0.841. The highest BCUT2D eigenvalue weighted by Gasteiger charge is 2.47. The molecular formula is C28H29F3N6O2. The number of aromatic nitrogens is 5. The molecule has 2 saturated heterocycles. The van der Waals surface area contributed by atoms with E-state index < -0.39 is 17.4 Å². The van der Waals surface area contributed by atoms with Crippen molar-refractivity contribution in [2.24, 2.45) is 18.4 Å². The van der Waals surface area contributed by atoms with Gasteiger partial charge in [0.1, 0.15) is 12.2 Å². The summed E-state index contributed by atoms with van der Waals surface area (Å²) < 4.78 is 52.4. The largest absolute Gasteiger partial charge is 0.418 e. The van der Waals surface area contributed by atoms with Crippen molar-refractivity contribution in [2.45, 2.75) is 37.9 Å². The van der Waals surface area contributed by atoms with Crippen molar-refractivity contribution in [3.05, 3.63) is 82.1 Å². The van der Waals surface area contributed by atoms with Gasteiger partial charge in [-0.05, 0) is 60.5 Å². The summed E-state index contributed by atoms with van der Waals surface area (Å²) in [5, 5.41) is 8.33. The number of imidazole rings is 1. The van der Waals surface area contributed by atoms with E-state index in [2.05, 4.69) is 15.1 Å². The second-order valence-electron chi connectivity index (χ2n) is 11.4. The molecule has 0 N–H and O–H groups in total. The molecule has 1 saturated carbocycles. The number of fused-ring (bicyclic) bond motifs is 1. The summed E-state index contributed by atoms with van der Waals surface area (Å²) in [4.78, 5) is 15.8. The number of hydrogen-bond donors (Lipinski definition) is 0. The van der Waals surface area contributed by atoms with Crippen LogP contribution in [0.5, 0.6) is 0 Å². The third kappa shape index (κ3) is 4.28. The molecule has 3 fully saturated rings. The molecule has 1 spiro atoms. The monoisotopic (exact) mass is 538 g/mol. The minimum Gasteiger partial charge on any atom is -0.381 e. The zero-order chi connectivity index (χ0) is 26.9. The van der Waals surface area contributed by atoms with Gasteiger partial charge in [0.15, 0.2) is 0 Å². The molecule has 2 aliphatic heterocycles. The number of aryl methyl sites for hydroxylation is 1. The lowest BCUT2D eigenvalue weighted by Gasteiger charge is -2.33. The third-order valence-electron chi connectivity index (χ3n) is 8.68. The number of benzene rings is 1. The van der Waals surface area contributed by atoms with E-state index in [4.69, 9.17) is 4.74 Å². The smallest absolute Gasteiger partial charge is 0.381 e. The van der Waals surface area contributed by atoms with Crippen molar-refractivity contribution >= 4 is 5.52 Å². The Labute approximate surface area is 222 Å². The first kappa shape index (κ1) is 24.6. The predicted molar refractivity (Wildman–Crippen MR) is 137 cm³/mol. The Morgan fingerprint density at radius 1 is 1.15 bits per heavy atom. The van der Waals surface area contributed by atoms with E-state index >= 15 is 0 Å². The zero-order valence-corrected chi connectivity index (χ0v) is 21.6. The first-order chi connectivity index (χ1) is 18.7. The second-order valence-corrected chi connectivity index (χ2v) is 11.4. The minimum absolute atomic E-state index is 0.119. The van der Waals surface area contributed by atoms with Crippen LogP contribution in [-0.2, 0) is 24.5 Å². The van der Waals surface area contributed by atoms with Gasteiger partial charge < -0.3 is 9.30 Å². The molecule has 0 amide bonds. The molecule has 5 heterocycles. The van der Waals surface area contributed by atoms with Crippen molar-refractivity contribution < 1.29 is 17.9 Å². The van der Waals surface area contributed by atoms with Gasteiger partial charge in [0.05, 0.1) is 35.9 Å². The summed E-state index contributed by atoms with van der Waals surface area (Å²) in [7, 11) is 1.87. The average molecular weight is 539 g/mol. The van der Waals surface area contributed by atoms with E-state index in [0.717, 1.165) is 35.3 Å². The molecule has 1 aromatic carbocycles. The fraction of sp³-hybridized carbons (Fsp3) is 0.464. The van der Waals surface area contributed by atoms with Crippen LogP contribution in [0.1, 0.15) is 47.7 Å². The number of nitrogens with zero attached hydrogens (tertiary/aromatic N) is 6. The van der Waals surface area contributed by atoms with E-state index in [9.17, 15) is 18.0 Å². The summed E-state index contributed by atoms with van der Waals surface area (Å²) in [6.07, 6.45) is 3.40. The van der Waals surface area contributed by atoms with Crippen LogP contribution in [0.3, 0.4) is 0 Å². The zero-order valence-electron chi connectivity index (χ0n) is 21.6. The highest BCUT2D eigenvalue weighted by atomic mass is 19.4. The molecular weight excluding hydrogens is 509 g/mol.